The lowest BCUT2D eigenvalue weighted by Crippen LogP contribution is -2.27. The minimum Gasteiger partial charge on any atom is -0.351 e. The van der Waals surface area contributed by atoms with Gasteiger partial charge >= 0.3 is 6.09 Å². The number of alkyl halides is 1. The number of imidazole rings is 1. The van der Waals surface area contributed by atoms with E-state index >= 15 is 4.39 Å². The number of nitrogens with zero attached hydrogens (tertiary/aromatic N) is 5. The molecule has 2 fully saturated rings. The Kier molecular flexibility index (Phi) is 6.87. The molecule has 9 nitrogen and oxygen atoms in total. The van der Waals surface area contributed by atoms with Crippen LogP contribution in [-0.2, 0) is 17.1 Å². The van der Waals surface area contributed by atoms with Crippen molar-refractivity contribution in [3.05, 3.63) is 70.8 Å². The smallest absolute Gasteiger partial charge is 0.351 e. The topological polar surface area (TPSA) is 107 Å². The van der Waals surface area contributed by atoms with Crippen molar-refractivity contribution in [2.75, 3.05) is 0 Å². The van der Waals surface area contributed by atoms with Crippen LogP contribution in [-0.4, -0.2) is 30.6 Å². The van der Waals surface area contributed by atoms with Crippen LogP contribution in [0, 0.1) is 17.7 Å². The Morgan fingerprint density at radius 1 is 1.15 bits per heavy atom. The fraction of sp³-hybridized carbons (Fsp3) is 0.393. The van der Waals surface area contributed by atoms with E-state index in [9.17, 15) is 9.18 Å². The Bertz CT molecular complexity index is 1590. The summed E-state index contributed by atoms with van der Waals surface area (Å²) < 4.78 is 33.6. The lowest BCUT2D eigenvalue weighted by Gasteiger charge is -2.29. The standard InChI is InChI=1S/C28H28ClF2N7O2/c1-15-7-9-16(10-8-15)14-38-22-21(17-11-18(29)13-32-12-17)33-24(25-36-27(39)40-37-25)34-23(22)35-26(38)28(2,31)19-5-3-4-6-20(19)30/h3-6,11-13,15-16,25,37H,7-10,14H2,1-2H3,(H,36,39). The van der Waals surface area contributed by atoms with Crippen LogP contribution in [0.3, 0.4) is 0 Å². The van der Waals surface area contributed by atoms with E-state index in [1.165, 1.54) is 31.3 Å². The van der Waals surface area contributed by atoms with Crippen LogP contribution in [0.2, 0.25) is 5.02 Å². The van der Waals surface area contributed by atoms with Gasteiger partial charge in [0.25, 0.3) is 0 Å². The van der Waals surface area contributed by atoms with E-state index in [2.05, 4.69) is 32.7 Å². The molecular weight excluding hydrogens is 540 g/mol. The highest BCUT2D eigenvalue weighted by molar-refractivity contribution is 6.30. The molecule has 1 saturated carbocycles. The number of hydrogen-bond acceptors (Lipinski definition) is 7. The van der Waals surface area contributed by atoms with Gasteiger partial charge in [0.2, 0.25) is 0 Å². The summed E-state index contributed by atoms with van der Waals surface area (Å²) in [5, 5.41) is 2.97. The van der Waals surface area contributed by atoms with Gasteiger partial charge in [0, 0.05) is 30.1 Å². The van der Waals surface area contributed by atoms with Crippen LogP contribution in [0.1, 0.15) is 62.9 Å². The van der Waals surface area contributed by atoms with Crippen molar-refractivity contribution in [3.8, 4) is 11.3 Å². The summed E-state index contributed by atoms with van der Waals surface area (Å²) in [5.41, 5.74) is 1.77. The second-order valence-electron chi connectivity index (χ2n) is 10.7. The maximum Gasteiger partial charge on any atom is 0.427 e. The van der Waals surface area contributed by atoms with Gasteiger partial charge in [0.15, 0.2) is 29.1 Å². The van der Waals surface area contributed by atoms with Gasteiger partial charge in [-0.1, -0.05) is 49.6 Å². The zero-order chi connectivity index (χ0) is 28.0. The molecule has 4 aromatic rings. The molecule has 1 amide bonds. The van der Waals surface area contributed by atoms with E-state index in [4.69, 9.17) is 21.4 Å². The van der Waals surface area contributed by atoms with E-state index in [0.717, 1.165) is 25.7 Å². The van der Waals surface area contributed by atoms with Gasteiger partial charge in [-0.3, -0.25) is 10.3 Å². The molecule has 0 radical (unpaired) electrons. The number of amides is 1. The number of carbonyl (C=O) groups is 1. The first kappa shape index (κ1) is 26.5. The van der Waals surface area contributed by atoms with Crippen molar-refractivity contribution in [2.24, 2.45) is 11.8 Å². The molecule has 12 heteroatoms. The number of carbonyl (C=O) groups excluding carboxylic acids is 1. The monoisotopic (exact) mass is 567 g/mol. The first-order valence-electron chi connectivity index (χ1n) is 13.3. The Balaban J connectivity index is 1.60. The second-order valence-corrected chi connectivity index (χ2v) is 11.2. The van der Waals surface area contributed by atoms with Gasteiger partial charge in [-0.25, -0.2) is 28.5 Å². The first-order valence-corrected chi connectivity index (χ1v) is 13.6. The van der Waals surface area contributed by atoms with Gasteiger partial charge in [-0.2, -0.15) is 0 Å². The number of hydroxylamine groups is 1. The van der Waals surface area contributed by atoms with E-state index in [0.29, 0.717) is 34.3 Å². The molecule has 2 aliphatic rings. The molecule has 4 heterocycles. The Morgan fingerprint density at radius 2 is 1.93 bits per heavy atom. The molecule has 1 aliphatic carbocycles. The molecule has 6 rings (SSSR count). The fourth-order valence-corrected chi connectivity index (χ4v) is 5.77. The van der Waals surface area contributed by atoms with E-state index in [-0.39, 0.29) is 28.8 Å². The summed E-state index contributed by atoms with van der Waals surface area (Å²) in [7, 11) is 0. The SMILES string of the molecule is CC1CCC(Cn2c(C(C)(F)c3ccccc3F)nc3nc(C4NOC(=O)N4)nc(-c4cncc(Cl)c4)c32)CC1. The number of hydrogen-bond donors (Lipinski definition) is 2. The molecule has 2 N–H and O–H groups in total. The Morgan fingerprint density at radius 3 is 2.62 bits per heavy atom. The van der Waals surface area contributed by atoms with Gasteiger partial charge in [0.05, 0.1) is 5.02 Å². The molecule has 1 aromatic carbocycles. The van der Waals surface area contributed by atoms with Crippen LogP contribution in [0.15, 0.2) is 42.7 Å². The molecule has 40 heavy (non-hydrogen) atoms. The summed E-state index contributed by atoms with van der Waals surface area (Å²) in [6.45, 7) is 4.01. The highest BCUT2D eigenvalue weighted by atomic mass is 35.5. The predicted molar refractivity (Wildman–Crippen MR) is 144 cm³/mol. The minimum absolute atomic E-state index is 0.0218. The molecule has 1 saturated heterocycles. The van der Waals surface area contributed by atoms with Crippen molar-refractivity contribution >= 4 is 28.9 Å². The van der Waals surface area contributed by atoms with Crippen LogP contribution in [0.4, 0.5) is 13.6 Å². The van der Waals surface area contributed by atoms with E-state index in [1.54, 1.807) is 22.9 Å². The lowest BCUT2D eigenvalue weighted by molar-refractivity contribution is 0.120. The predicted octanol–water partition coefficient (Wildman–Crippen LogP) is 5.98. The van der Waals surface area contributed by atoms with Crippen molar-refractivity contribution in [3.63, 3.8) is 0 Å². The molecule has 0 bridgehead atoms. The Labute approximate surface area is 234 Å². The summed E-state index contributed by atoms with van der Waals surface area (Å²) in [4.78, 5) is 34.8. The summed E-state index contributed by atoms with van der Waals surface area (Å²) >= 11 is 6.30. The zero-order valence-electron chi connectivity index (χ0n) is 22.0. The van der Waals surface area contributed by atoms with Crippen molar-refractivity contribution in [1.82, 2.24) is 35.3 Å². The Hall–Kier alpha value is -3.70. The van der Waals surface area contributed by atoms with Crippen LogP contribution < -0.4 is 10.8 Å². The molecule has 3 aromatic heterocycles. The van der Waals surface area contributed by atoms with E-state index < -0.39 is 23.7 Å². The highest BCUT2D eigenvalue weighted by Gasteiger charge is 2.39. The molecule has 0 spiro atoms. The van der Waals surface area contributed by atoms with Crippen LogP contribution in [0.25, 0.3) is 22.4 Å². The first-order chi connectivity index (χ1) is 19.2. The number of halogens is 3. The number of nitrogens with one attached hydrogen (secondary N) is 2. The third-order valence-corrected chi connectivity index (χ3v) is 7.97. The summed E-state index contributed by atoms with van der Waals surface area (Å²) in [6, 6.07) is 7.48. The van der Waals surface area contributed by atoms with Crippen molar-refractivity contribution < 1.29 is 18.4 Å². The van der Waals surface area contributed by atoms with Gasteiger partial charge < -0.3 is 9.40 Å². The summed E-state index contributed by atoms with van der Waals surface area (Å²) in [5.74, 6) is 0.406. The van der Waals surface area contributed by atoms with Crippen LogP contribution in [0.5, 0.6) is 0 Å². The zero-order valence-corrected chi connectivity index (χ0v) is 22.8. The summed E-state index contributed by atoms with van der Waals surface area (Å²) in [6.07, 6.45) is 5.65. The average Bonchev–Trinajstić information content (AvgIpc) is 3.53. The third-order valence-electron chi connectivity index (χ3n) is 7.76. The van der Waals surface area contributed by atoms with Crippen molar-refractivity contribution in [2.45, 2.75) is 57.9 Å². The quantitative estimate of drug-likeness (QED) is 0.295. The van der Waals surface area contributed by atoms with Crippen molar-refractivity contribution in [1.29, 1.82) is 0 Å². The van der Waals surface area contributed by atoms with E-state index in [1.807, 2.05) is 0 Å². The number of benzene rings is 1. The molecule has 2 unspecified atom stereocenters. The molecule has 2 atom stereocenters. The number of rotatable bonds is 6. The lowest BCUT2D eigenvalue weighted by atomic mass is 9.83. The highest BCUT2D eigenvalue weighted by Crippen LogP contribution is 2.40. The second kappa shape index (κ2) is 10.4. The maximum atomic E-state index is 16.9. The molecular formula is C28H28ClF2N7O2. The third kappa shape index (κ3) is 4.88. The fourth-order valence-electron chi connectivity index (χ4n) is 5.60. The largest absolute Gasteiger partial charge is 0.427 e. The van der Waals surface area contributed by atoms with Gasteiger partial charge in [0.1, 0.15) is 17.0 Å². The van der Waals surface area contributed by atoms with Gasteiger partial charge in [-0.05, 0) is 43.7 Å². The number of pyridine rings is 1. The van der Waals surface area contributed by atoms with Crippen LogP contribution >= 0.6 is 11.6 Å². The minimum atomic E-state index is -2.29. The van der Waals surface area contributed by atoms with Gasteiger partial charge in [-0.15, -0.1) is 5.48 Å². The average molecular weight is 568 g/mol. The normalized spacial score (nSPS) is 22.6. The number of aromatic nitrogens is 5. The maximum absolute atomic E-state index is 16.9. The number of fused-ring (bicyclic) bond motifs is 1. The molecule has 1 aliphatic heterocycles. The molecule has 208 valence electrons.